The van der Waals surface area contributed by atoms with Crippen LogP contribution in [0.4, 0.5) is 0 Å². The molecule has 4 nitrogen and oxygen atoms in total. The van der Waals surface area contributed by atoms with Gasteiger partial charge in [-0.3, -0.25) is 4.57 Å². The van der Waals surface area contributed by atoms with Crippen molar-refractivity contribution in [1.29, 1.82) is 0 Å². The monoisotopic (exact) mass is 210 g/mol. The smallest absolute Gasteiger partial charge is 0.350 e. The summed E-state index contributed by atoms with van der Waals surface area (Å²) in [6.07, 6.45) is 1.39. The van der Waals surface area contributed by atoms with E-state index in [9.17, 15) is 4.57 Å². The van der Waals surface area contributed by atoms with Crippen molar-refractivity contribution >= 4 is 7.60 Å². The summed E-state index contributed by atoms with van der Waals surface area (Å²) in [5.74, 6) is 0. The van der Waals surface area contributed by atoms with Crippen molar-refractivity contribution in [2.24, 2.45) is 5.41 Å². The Hall–Kier alpha value is 0.110. The normalized spacial score (nSPS) is 13.3. The van der Waals surface area contributed by atoms with Crippen LogP contribution in [0.15, 0.2) is 0 Å². The van der Waals surface area contributed by atoms with Crippen molar-refractivity contribution in [3.8, 4) is 0 Å². The van der Waals surface area contributed by atoms with Crippen molar-refractivity contribution in [3.05, 3.63) is 0 Å². The lowest BCUT2D eigenvalue weighted by molar-refractivity contribution is 0.122. The third-order valence-corrected chi connectivity index (χ3v) is 2.66. The van der Waals surface area contributed by atoms with Gasteiger partial charge < -0.3 is 14.5 Å². The molecule has 0 aliphatic heterocycles. The standard InChI is InChI=1S/C8H19O4P/c1-4-8(2,3)5-6-12-7-13(9,10)11/h4-7H2,1-3H3,(H2,9,10,11). The molecule has 0 saturated carbocycles. The average Bonchev–Trinajstić information content (AvgIpc) is 1.97. The summed E-state index contributed by atoms with van der Waals surface area (Å²) in [6, 6.07) is 0. The number of rotatable bonds is 6. The van der Waals surface area contributed by atoms with E-state index in [1.807, 2.05) is 0 Å². The van der Waals surface area contributed by atoms with Gasteiger partial charge in [-0.2, -0.15) is 0 Å². The van der Waals surface area contributed by atoms with Crippen molar-refractivity contribution < 1.29 is 19.1 Å². The molecule has 0 saturated heterocycles. The Morgan fingerprint density at radius 3 is 2.31 bits per heavy atom. The predicted molar refractivity (Wildman–Crippen MR) is 51.6 cm³/mol. The Labute approximate surface area is 79.5 Å². The SMILES string of the molecule is CCC(C)(C)CCOCP(=O)(O)O. The highest BCUT2D eigenvalue weighted by molar-refractivity contribution is 7.51. The van der Waals surface area contributed by atoms with E-state index in [2.05, 4.69) is 20.8 Å². The van der Waals surface area contributed by atoms with Gasteiger partial charge in [-0.05, 0) is 11.8 Å². The van der Waals surface area contributed by atoms with Crippen LogP contribution in [0.5, 0.6) is 0 Å². The highest BCUT2D eigenvalue weighted by atomic mass is 31.2. The van der Waals surface area contributed by atoms with E-state index in [0.717, 1.165) is 12.8 Å². The van der Waals surface area contributed by atoms with Crippen LogP contribution >= 0.6 is 7.60 Å². The zero-order chi connectivity index (χ0) is 10.5. The van der Waals surface area contributed by atoms with Gasteiger partial charge >= 0.3 is 7.60 Å². The molecule has 0 aromatic rings. The second-order valence-corrected chi connectivity index (χ2v) is 5.56. The van der Waals surface area contributed by atoms with Crippen LogP contribution in [-0.4, -0.2) is 22.7 Å². The van der Waals surface area contributed by atoms with E-state index in [1.165, 1.54) is 0 Å². The van der Waals surface area contributed by atoms with E-state index in [0.29, 0.717) is 6.61 Å². The minimum atomic E-state index is -3.98. The van der Waals surface area contributed by atoms with Gasteiger partial charge in [0.05, 0.1) is 0 Å². The number of hydrogen-bond acceptors (Lipinski definition) is 2. The minimum Gasteiger partial charge on any atom is -0.369 e. The molecule has 2 N–H and O–H groups in total. The van der Waals surface area contributed by atoms with Crippen LogP contribution in [0.25, 0.3) is 0 Å². The first-order valence-corrected chi connectivity index (χ1v) is 6.19. The Balaban J connectivity index is 3.52. The van der Waals surface area contributed by atoms with Gasteiger partial charge in [0.2, 0.25) is 0 Å². The molecule has 0 atom stereocenters. The fourth-order valence-corrected chi connectivity index (χ4v) is 1.08. The first kappa shape index (κ1) is 13.1. The molecule has 0 bridgehead atoms. The van der Waals surface area contributed by atoms with Gasteiger partial charge in [0.1, 0.15) is 6.35 Å². The maximum Gasteiger partial charge on any atom is 0.350 e. The van der Waals surface area contributed by atoms with Crippen LogP contribution in [0, 0.1) is 5.41 Å². The van der Waals surface area contributed by atoms with Gasteiger partial charge in [-0.1, -0.05) is 27.2 Å². The first-order chi connectivity index (χ1) is 5.77. The summed E-state index contributed by atoms with van der Waals surface area (Å²) in [4.78, 5) is 17.0. The lowest BCUT2D eigenvalue weighted by Crippen LogP contribution is -2.13. The van der Waals surface area contributed by atoms with Gasteiger partial charge in [0, 0.05) is 6.61 Å². The molecule has 5 heteroatoms. The van der Waals surface area contributed by atoms with Crippen LogP contribution in [-0.2, 0) is 9.30 Å². The molecular weight excluding hydrogens is 191 g/mol. The molecule has 0 amide bonds. The van der Waals surface area contributed by atoms with E-state index < -0.39 is 13.9 Å². The molecule has 80 valence electrons. The zero-order valence-corrected chi connectivity index (χ0v) is 9.38. The number of ether oxygens (including phenoxy) is 1. The second-order valence-electron chi connectivity index (χ2n) is 3.97. The summed E-state index contributed by atoms with van der Waals surface area (Å²) in [7, 11) is -3.98. The quantitative estimate of drug-likeness (QED) is 0.519. The molecule has 0 heterocycles. The first-order valence-electron chi connectivity index (χ1n) is 4.39. The molecule has 0 aliphatic rings. The Bertz CT molecular complexity index is 185. The van der Waals surface area contributed by atoms with Crippen LogP contribution in [0.3, 0.4) is 0 Å². The summed E-state index contributed by atoms with van der Waals surface area (Å²) >= 11 is 0. The second kappa shape index (κ2) is 5.11. The number of hydrogen-bond donors (Lipinski definition) is 2. The highest BCUT2D eigenvalue weighted by Crippen LogP contribution is 2.34. The molecule has 0 aliphatic carbocycles. The minimum absolute atomic E-state index is 0.189. The van der Waals surface area contributed by atoms with E-state index >= 15 is 0 Å². The lowest BCUT2D eigenvalue weighted by atomic mass is 9.87. The summed E-state index contributed by atoms with van der Waals surface area (Å²) in [6.45, 7) is 6.70. The fraction of sp³-hybridized carbons (Fsp3) is 1.00. The molecule has 0 radical (unpaired) electrons. The molecule has 0 unspecified atom stereocenters. The van der Waals surface area contributed by atoms with Crippen molar-refractivity contribution in [3.63, 3.8) is 0 Å². The molecule has 0 rings (SSSR count). The van der Waals surface area contributed by atoms with E-state index in [4.69, 9.17) is 14.5 Å². The van der Waals surface area contributed by atoms with Gasteiger partial charge in [0.25, 0.3) is 0 Å². The maximum absolute atomic E-state index is 10.4. The Morgan fingerprint density at radius 2 is 1.92 bits per heavy atom. The molecule has 0 aromatic carbocycles. The molecule has 0 spiro atoms. The Kier molecular flexibility index (Phi) is 5.15. The maximum atomic E-state index is 10.4. The molecule has 13 heavy (non-hydrogen) atoms. The van der Waals surface area contributed by atoms with E-state index in [-0.39, 0.29) is 5.41 Å². The van der Waals surface area contributed by atoms with Gasteiger partial charge in [-0.15, -0.1) is 0 Å². The van der Waals surface area contributed by atoms with Gasteiger partial charge in [-0.25, -0.2) is 0 Å². The third kappa shape index (κ3) is 8.44. The van der Waals surface area contributed by atoms with E-state index in [1.54, 1.807) is 0 Å². The van der Waals surface area contributed by atoms with Gasteiger partial charge in [0.15, 0.2) is 0 Å². The zero-order valence-electron chi connectivity index (χ0n) is 8.49. The van der Waals surface area contributed by atoms with Crippen molar-refractivity contribution in [1.82, 2.24) is 0 Å². The topological polar surface area (TPSA) is 66.8 Å². The van der Waals surface area contributed by atoms with Crippen LogP contribution in [0.1, 0.15) is 33.6 Å². The van der Waals surface area contributed by atoms with Crippen LogP contribution < -0.4 is 0 Å². The summed E-state index contributed by atoms with van der Waals surface area (Å²) in [5, 5.41) is 0. The third-order valence-electron chi connectivity index (χ3n) is 2.14. The predicted octanol–water partition coefficient (Wildman–Crippen LogP) is 1.96. The lowest BCUT2D eigenvalue weighted by Gasteiger charge is -2.22. The fourth-order valence-electron chi connectivity index (χ4n) is 0.709. The summed E-state index contributed by atoms with van der Waals surface area (Å²) in [5.41, 5.74) is 0.189. The molecule has 0 fully saturated rings. The molecule has 0 aromatic heterocycles. The largest absolute Gasteiger partial charge is 0.369 e. The van der Waals surface area contributed by atoms with Crippen LogP contribution in [0.2, 0.25) is 0 Å². The van der Waals surface area contributed by atoms with Crippen molar-refractivity contribution in [2.45, 2.75) is 33.6 Å². The Morgan fingerprint density at radius 1 is 1.38 bits per heavy atom. The van der Waals surface area contributed by atoms with Crippen molar-refractivity contribution in [2.75, 3.05) is 13.0 Å². The highest BCUT2D eigenvalue weighted by Gasteiger charge is 2.16. The molecular formula is C8H19O4P. The summed E-state index contributed by atoms with van der Waals surface area (Å²) < 4.78 is 15.3. The average molecular weight is 210 g/mol.